The molecule has 1 fully saturated rings. The molecule has 1 aliphatic carbocycles. The van der Waals surface area contributed by atoms with E-state index in [9.17, 15) is 0 Å². The van der Waals surface area contributed by atoms with Crippen molar-refractivity contribution in [3.63, 3.8) is 0 Å². The van der Waals surface area contributed by atoms with E-state index in [1.54, 1.807) is 0 Å². The summed E-state index contributed by atoms with van der Waals surface area (Å²) in [4.78, 5) is 4.50. The van der Waals surface area contributed by atoms with E-state index in [-0.39, 0.29) is 0 Å². The first-order valence-electron chi connectivity index (χ1n) is 6.62. The maximum atomic E-state index is 5.85. The summed E-state index contributed by atoms with van der Waals surface area (Å²) in [5, 5.41) is 3.18. The van der Waals surface area contributed by atoms with Gasteiger partial charge in [-0.3, -0.25) is 4.99 Å². The van der Waals surface area contributed by atoms with Gasteiger partial charge in [0.15, 0.2) is 5.96 Å². The Balaban J connectivity index is 2.38. The summed E-state index contributed by atoms with van der Waals surface area (Å²) in [5.74, 6) is 1.23. The molecule has 1 rings (SSSR count). The molecule has 0 saturated heterocycles. The van der Waals surface area contributed by atoms with Gasteiger partial charge in [0.05, 0.1) is 0 Å². The summed E-state index contributed by atoms with van der Waals surface area (Å²) in [6.45, 7) is 8.43. The predicted molar refractivity (Wildman–Crippen MR) is 70.5 cm³/mol. The molecule has 1 aliphatic rings. The summed E-state index contributed by atoms with van der Waals surface area (Å²) < 4.78 is 0. The molecule has 16 heavy (non-hydrogen) atoms. The van der Waals surface area contributed by atoms with Crippen LogP contribution in [-0.2, 0) is 0 Å². The first kappa shape index (κ1) is 13.3. The van der Waals surface area contributed by atoms with Gasteiger partial charge in [0.1, 0.15) is 0 Å². The molecule has 94 valence electrons. The van der Waals surface area contributed by atoms with Crippen molar-refractivity contribution in [2.45, 2.75) is 52.9 Å². The van der Waals surface area contributed by atoms with E-state index in [4.69, 9.17) is 5.73 Å². The molecule has 0 atom stereocenters. The zero-order chi connectivity index (χ0) is 12.0. The van der Waals surface area contributed by atoms with Crippen LogP contribution in [0.25, 0.3) is 0 Å². The number of nitrogens with two attached hydrogens (primary N) is 1. The van der Waals surface area contributed by atoms with Crippen molar-refractivity contribution in [2.24, 2.45) is 22.1 Å². The summed E-state index contributed by atoms with van der Waals surface area (Å²) in [5.41, 5.74) is 6.30. The van der Waals surface area contributed by atoms with Gasteiger partial charge < -0.3 is 11.1 Å². The van der Waals surface area contributed by atoms with Gasteiger partial charge in [0.25, 0.3) is 0 Å². The second-order valence-electron chi connectivity index (χ2n) is 5.54. The van der Waals surface area contributed by atoms with Crippen LogP contribution < -0.4 is 11.1 Å². The minimum atomic E-state index is 0.449. The third-order valence-corrected chi connectivity index (χ3v) is 3.69. The monoisotopic (exact) mass is 225 g/mol. The van der Waals surface area contributed by atoms with Gasteiger partial charge in [0.2, 0.25) is 0 Å². The van der Waals surface area contributed by atoms with Gasteiger partial charge in [-0.15, -0.1) is 0 Å². The molecule has 3 nitrogen and oxygen atoms in total. The molecule has 0 aliphatic heterocycles. The smallest absolute Gasteiger partial charge is 0.188 e. The van der Waals surface area contributed by atoms with Crippen molar-refractivity contribution < 1.29 is 0 Å². The van der Waals surface area contributed by atoms with Crippen LogP contribution in [-0.4, -0.2) is 19.0 Å². The van der Waals surface area contributed by atoms with Crippen molar-refractivity contribution in [2.75, 3.05) is 13.1 Å². The highest BCUT2D eigenvalue weighted by atomic mass is 15.1. The third-order valence-electron chi connectivity index (χ3n) is 3.69. The average Bonchev–Trinajstić information content (AvgIpc) is 2.73. The Kier molecular flexibility index (Phi) is 5.10. The van der Waals surface area contributed by atoms with Crippen molar-refractivity contribution in [1.82, 2.24) is 5.32 Å². The molecule has 3 N–H and O–H groups in total. The minimum absolute atomic E-state index is 0.449. The number of nitrogens with zero attached hydrogens (tertiary/aromatic N) is 1. The van der Waals surface area contributed by atoms with Gasteiger partial charge >= 0.3 is 0 Å². The van der Waals surface area contributed by atoms with Gasteiger partial charge in [-0.25, -0.2) is 0 Å². The van der Waals surface area contributed by atoms with E-state index in [1.807, 2.05) is 0 Å². The van der Waals surface area contributed by atoms with Crippen molar-refractivity contribution >= 4 is 5.96 Å². The van der Waals surface area contributed by atoms with Gasteiger partial charge in [-0.1, -0.05) is 33.6 Å². The number of rotatable bonds is 5. The topological polar surface area (TPSA) is 50.4 Å². The van der Waals surface area contributed by atoms with Crippen LogP contribution in [0.3, 0.4) is 0 Å². The molecule has 0 radical (unpaired) electrons. The van der Waals surface area contributed by atoms with E-state index in [2.05, 4.69) is 31.1 Å². The highest BCUT2D eigenvalue weighted by Crippen LogP contribution is 2.40. The second-order valence-corrected chi connectivity index (χ2v) is 5.54. The molecule has 0 aromatic carbocycles. The lowest BCUT2D eigenvalue weighted by Crippen LogP contribution is -2.35. The first-order chi connectivity index (χ1) is 7.58. The van der Waals surface area contributed by atoms with Gasteiger partial charge in [-0.2, -0.15) is 0 Å². The number of hydrogen-bond donors (Lipinski definition) is 2. The van der Waals surface area contributed by atoms with E-state index in [0.29, 0.717) is 17.3 Å². The Morgan fingerprint density at radius 2 is 2.00 bits per heavy atom. The van der Waals surface area contributed by atoms with Crippen LogP contribution in [0.4, 0.5) is 0 Å². The quantitative estimate of drug-likeness (QED) is 0.558. The van der Waals surface area contributed by atoms with Gasteiger partial charge in [-0.05, 0) is 30.6 Å². The third kappa shape index (κ3) is 4.03. The molecule has 0 aromatic rings. The fourth-order valence-electron chi connectivity index (χ4n) is 2.37. The zero-order valence-electron chi connectivity index (χ0n) is 11.1. The Morgan fingerprint density at radius 3 is 2.50 bits per heavy atom. The number of nitrogens with one attached hydrogen (secondary N) is 1. The van der Waals surface area contributed by atoms with E-state index in [1.165, 1.54) is 32.1 Å². The Labute approximate surface area is 99.9 Å². The van der Waals surface area contributed by atoms with Gasteiger partial charge in [0, 0.05) is 13.1 Å². The number of aliphatic imine (C=N–C) groups is 1. The fraction of sp³-hybridized carbons (Fsp3) is 0.923. The first-order valence-corrected chi connectivity index (χ1v) is 6.62. The van der Waals surface area contributed by atoms with Crippen molar-refractivity contribution in [1.29, 1.82) is 0 Å². The van der Waals surface area contributed by atoms with Crippen LogP contribution in [0.1, 0.15) is 52.9 Å². The molecule has 0 bridgehead atoms. The maximum absolute atomic E-state index is 5.85. The summed E-state index contributed by atoms with van der Waals surface area (Å²) in [6.07, 6.45) is 6.61. The second kappa shape index (κ2) is 6.12. The van der Waals surface area contributed by atoms with Crippen LogP contribution in [0.5, 0.6) is 0 Å². The highest BCUT2D eigenvalue weighted by Gasteiger charge is 2.31. The number of guanidine groups is 1. The number of hydrogen-bond acceptors (Lipinski definition) is 1. The molecule has 0 unspecified atom stereocenters. The molecule has 1 saturated carbocycles. The molecule has 0 amide bonds. The normalized spacial score (nSPS) is 20.4. The molecular formula is C13H27N3. The lowest BCUT2D eigenvalue weighted by molar-refractivity contribution is 0.297. The summed E-state index contributed by atoms with van der Waals surface area (Å²) in [6, 6.07) is 0. The SMILES string of the molecule is CCC1(CN=C(N)NCC(C)C)CCCC1. The minimum Gasteiger partial charge on any atom is -0.370 e. The molecule has 0 spiro atoms. The zero-order valence-corrected chi connectivity index (χ0v) is 11.1. The molecule has 0 aromatic heterocycles. The van der Waals surface area contributed by atoms with E-state index < -0.39 is 0 Å². The van der Waals surface area contributed by atoms with Crippen LogP contribution in [0, 0.1) is 11.3 Å². The molecule has 0 heterocycles. The Morgan fingerprint density at radius 1 is 1.38 bits per heavy atom. The Bertz CT molecular complexity index is 227. The maximum Gasteiger partial charge on any atom is 0.188 e. The van der Waals surface area contributed by atoms with Crippen molar-refractivity contribution in [3.8, 4) is 0 Å². The van der Waals surface area contributed by atoms with Crippen LogP contribution in [0.2, 0.25) is 0 Å². The molecular weight excluding hydrogens is 198 g/mol. The van der Waals surface area contributed by atoms with Crippen molar-refractivity contribution in [3.05, 3.63) is 0 Å². The van der Waals surface area contributed by atoms with E-state index >= 15 is 0 Å². The largest absolute Gasteiger partial charge is 0.370 e. The lowest BCUT2D eigenvalue weighted by Gasteiger charge is -2.25. The van der Waals surface area contributed by atoms with E-state index in [0.717, 1.165) is 13.1 Å². The van der Waals surface area contributed by atoms with Crippen LogP contribution >= 0.6 is 0 Å². The van der Waals surface area contributed by atoms with Crippen LogP contribution in [0.15, 0.2) is 4.99 Å². The lowest BCUT2D eigenvalue weighted by atomic mass is 9.84. The standard InChI is InChI=1S/C13H27N3/c1-4-13(7-5-6-8-13)10-16-12(14)15-9-11(2)3/h11H,4-10H2,1-3H3,(H3,14,15,16). The molecule has 3 heteroatoms. The predicted octanol–water partition coefficient (Wildman–Crippen LogP) is 2.52. The Hall–Kier alpha value is -0.730. The summed E-state index contributed by atoms with van der Waals surface area (Å²) in [7, 11) is 0. The summed E-state index contributed by atoms with van der Waals surface area (Å²) >= 11 is 0. The highest BCUT2D eigenvalue weighted by molar-refractivity contribution is 5.77. The fourth-order valence-corrected chi connectivity index (χ4v) is 2.37. The average molecular weight is 225 g/mol.